The van der Waals surface area contributed by atoms with Crippen molar-refractivity contribution in [3.63, 3.8) is 0 Å². The first-order chi connectivity index (χ1) is 15.2. The van der Waals surface area contributed by atoms with Gasteiger partial charge in [-0.1, -0.05) is 0 Å². The zero-order valence-corrected chi connectivity index (χ0v) is 17.8. The van der Waals surface area contributed by atoms with E-state index in [-0.39, 0.29) is 12.6 Å². The molecule has 3 aromatic rings. The van der Waals surface area contributed by atoms with Gasteiger partial charge in [-0.2, -0.15) is 4.98 Å². The molecule has 0 radical (unpaired) electrons. The van der Waals surface area contributed by atoms with E-state index in [0.29, 0.717) is 24.5 Å². The van der Waals surface area contributed by atoms with Crippen LogP contribution in [-0.2, 0) is 0 Å². The van der Waals surface area contributed by atoms with Crippen LogP contribution in [0.5, 0.6) is 0 Å². The maximum absolute atomic E-state index is 9.70. The molecule has 5 rings (SSSR count). The molecule has 0 bridgehead atoms. The molecule has 3 aromatic heterocycles. The van der Waals surface area contributed by atoms with Crippen molar-refractivity contribution in [1.29, 1.82) is 0 Å². The summed E-state index contributed by atoms with van der Waals surface area (Å²) in [6, 6.07) is 4.47. The molecule has 4 heterocycles. The molecule has 2 fully saturated rings. The van der Waals surface area contributed by atoms with Crippen molar-refractivity contribution in [3.8, 4) is 0 Å². The van der Waals surface area contributed by atoms with Gasteiger partial charge in [0.1, 0.15) is 11.3 Å². The third-order valence-corrected chi connectivity index (χ3v) is 6.85. The van der Waals surface area contributed by atoms with Crippen molar-refractivity contribution in [3.05, 3.63) is 30.9 Å². The highest BCUT2D eigenvalue weighted by atomic mass is 16.3. The molecule has 0 aromatic carbocycles. The third-order valence-electron chi connectivity index (χ3n) is 6.85. The summed E-state index contributed by atoms with van der Waals surface area (Å²) in [5.74, 6) is 2.77. The van der Waals surface area contributed by atoms with Crippen LogP contribution in [0.25, 0.3) is 5.52 Å². The summed E-state index contributed by atoms with van der Waals surface area (Å²) in [6.07, 6.45) is 13.4. The second-order valence-electron chi connectivity index (χ2n) is 8.79. The summed E-state index contributed by atoms with van der Waals surface area (Å²) in [4.78, 5) is 11.5. The minimum Gasteiger partial charge on any atom is -0.396 e. The largest absolute Gasteiger partial charge is 0.396 e. The lowest BCUT2D eigenvalue weighted by atomic mass is 9.84. The number of imidazole rings is 1. The molecule has 3 N–H and O–H groups in total. The number of anilines is 3. The number of nitrogens with one attached hydrogen (secondary N) is 1. The van der Waals surface area contributed by atoms with Crippen LogP contribution in [-0.4, -0.2) is 60.2 Å². The van der Waals surface area contributed by atoms with E-state index in [1.807, 2.05) is 29.2 Å². The van der Waals surface area contributed by atoms with Crippen LogP contribution in [0.15, 0.2) is 30.9 Å². The predicted molar refractivity (Wildman–Crippen MR) is 119 cm³/mol. The summed E-state index contributed by atoms with van der Waals surface area (Å²) < 4.78 is 4.04. The molecule has 166 valence electrons. The number of aliphatic hydroxyl groups excluding tert-OH is 2. The van der Waals surface area contributed by atoms with Crippen molar-refractivity contribution >= 4 is 23.1 Å². The molecule has 0 spiro atoms. The van der Waals surface area contributed by atoms with Crippen LogP contribution in [0, 0.1) is 5.92 Å². The molecule has 9 heteroatoms. The Bertz CT molecular complexity index is 1010. The number of aromatic nitrogens is 5. The molecular weight excluding hydrogens is 394 g/mol. The molecule has 1 aliphatic carbocycles. The molecule has 1 saturated heterocycles. The Hall–Kier alpha value is -2.65. The van der Waals surface area contributed by atoms with Gasteiger partial charge in [-0.15, -0.1) is 5.10 Å². The van der Waals surface area contributed by atoms with Crippen molar-refractivity contribution in [2.24, 2.45) is 5.92 Å². The van der Waals surface area contributed by atoms with E-state index in [2.05, 4.69) is 31.1 Å². The molecule has 2 aliphatic rings. The monoisotopic (exact) mass is 425 g/mol. The van der Waals surface area contributed by atoms with Gasteiger partial charge in [0.25, 0.3) is 0 Å². The average Bonchev–Trinajstić information content (AvgIpc) is 3.54. The topological polar surface area (TPSA) is 104 Å². The van der Waals surface area contributed by atoms with Crippen molar-refractivity contribution in [2.45, 2.75) is 57.0 Å². The smallest absolute Gasteiger partial charge is 0.245 e. The highest BCUT2D eigenvalue weighted by Gasteiger charge is 2.27. The molecule has 1 atom stereocenters. The van der Waals surface area contributed by atoms with E-state index in [1.54, 1.807) is 0 Å². The van der Waals surface area contributed by atoms with Crippen LogP contribution in [0.1, 0.15) is 51.0 Å². The summed E-state index contributed by atoms with van der Waals surface area (Å²) in [5, 5.41) is 26.9. The van der Waals surface area contributed by atoms with Gasteiger partial charge < -0.3 is 25.0 Å². The normalized spacial score (nSPS) is 24.2. The maximum Gasteiger partial charge on any atom is 0.245 e. The minimum atomic E-state index is 0.0704. The van der Waals surface area contributed by atoms with Gasteiger partial charge in [-0.05, 0) is 63.0 Å². The molecule has 1 aliphatic heterocycles. The van der Waals surface area contributed by atoms with Gasteiger partial charge >= 0.3 is 0 Å². The van der Waals surface area contributed by atoms with Crippen molar-refractivity contribution in [2.75, 3.05) is 30.0 Å². The fourth-order valence-electron chi connectivity index (χ4n) is 5.06. The Morgan fingerprint density at radius 1 is 1.13 bits per heavy atom. The lowest BCUT2D eigenvalue weighted by Crippen LogP contribution is -2.34. The molecule has 1 unspecified atom stereocenters. The van der Waals surface area contributed by atoms with Crippen LogP contribution < -0.4 is 10.2 Å². The Kier molecular flexibility index (Phi) is 5.78. The van der Waals surface area contributed by atoms with Gasteiger partial charge in [0.2, 0.25) is 5.95 Å². The van der Waals surface area contributed by atoms with E-state index < -0.39 is 0 Å². The average molecular weight is 426 g/mol. The molecule has 9 nitrogen and oxygen atoms in total. The first-order valence-electron chi connectivity index (χ1n) is 11.4. The Labute approximate surface area is 181 Å². The summed E-state index contributed by atoms with van der Waals surface area (Å²) in [5.41, 5.74) is 0.891. The summed E-state index contributed by atoms with van der Waals surface area (Å²) >= 11 is 0. The Balaban J connectivity index is 1.35. The fraction of sp³-hybridized carbons (Fsp3) is 0.591. The zero-order chi connectivity index (χ0) is 21.2. The van der Waals surface area contributed by atoms with Gasteiger partial charge in [-0.25, -0.2) is 9.50 Å². The minimum absolute atomic E-state index is 0.0704. The van der Waals surface area contributed by atoms with Gasteiger partial charge in [-0.3, -0.25) is 0 Å². The standard InChI is InChI=1S/C22H31N7O2/c30-12-9-16-5-7-17(8-6-16)27-13-20(23-15-27)24-21-19-4-2-11-29(19)26-22(25-21)28-10-1-3-18(28)14-31/h2,4,11,13,15-18,30-31H,1,3,5-10,12,14H2,(H,24,25,26). The van der Waals surface area contributed by atoms with Crippen molar-refractivity contribution in [1.82, 2.24) is 24.1 Å². The second-order valence-corrected chi connectivity index (χ2v) is 8.79. The number of rotatable bonds is 7. The second kappa shape index (κ2) is 8.84. The van der Waals surface area contributed by atoms with Crippen LogP contribution in [0.4, 0.5) is 17.6 Å². The van der Waals surface area contributed by atoms with E-state index >= 15 is 0 Å². The Morgan fingerprint density at radius 2 is 2.00 bits per heavy atom. The predicted octanol–water partition coefficient (Wildman–Crippen LogP) is 2.74. The quantitative estimate of drug-likeness (QED) is 0.535. The first-order valence-corrected chi connectivity index (χ1v) is 11.4. The van der Waals surface area contributed by atoms with Gasteiger partial charge in [0.05, 0.1) is 19.0 Å². The highest BCUT2D eigenvalue weighted by molar-refractivity contribution is 5.73. The number of aliphatic hydroxyl groups is 2. The maximum atomic E-state index is 9.70. The molecule has 1 saturated carbocycles. The lowest BCUT2D eigenvalue weighted by Gasteiger charge is -2.28. The fourth-order valence-corrected chi connectivity index (χ4v) is 5.06. The number of nitrogens with zero attached hydrogens (tertiary/aromatic N) is 6. The van der Waals surface area contributed by atoms with E-state index in [9.17, 15) is 10.2 Å². The van der Waals surface area contributed by atoms with Gasteiger partial charge in [0.15, 0.2) is 5.82 Å². The zero-order valence-electron chi connectivity index (χ0n) is 17.8. The van der Waals surface area contributed by atoms with E-state index in [4.69, 9.17) is 4.98 Å². The summed E-state index contributed by atoms with van der Waals surface area (Å²) in [7, 11) is 0. The highest BCUT2D eigenvalue weighted by Crippen LogP contribution is 2.34. The van der Waals surface area contributed by atoms with E-state index in [0.717, 1.165) is 68.6 Å². The van der Waals surface area contributed by atoms with E-state index in [1.165, 1.54) is 0 Å². The van der Waals surface area contributed by atoms with Crippen LogP contribution >= 0.6 is 0 Å². The SMILES string of the molecule is OCCC1CCC(n2cnc(Nc3nc(N4CCCC4CO)nn4cccc34)c2)CC1. The molecule has 31 heavy (non-hydrogen) atoms. The number of hydrogen-bond acceptors (Lipinski definition) is 7. The molecule has 0 amide bonds. The van der Waals surface area contributed by atoms with Crippen LogP contribution in [0.2, 0.25) is 0 Å². The van der Waals surface area contributed by atoms with Crippen molar-refractivity contribution < 1.29 is 10.2 Å². The summed E-state index contributed by atoms with van der Waals surface area (Å²) in [6.45, 7) is 1.26. The lowest BCUT2D eigenvalue weighted by molar-refractivity contribution is 0.207. The number of fused-ring (bicyclic) bond motifs is 1. The Morgan fingerprint density at radius 3 is 2.81 bits per heavy atom. The molecular formula is C22H31N7O2. The van der Waals surface area contributed by atoms with Gasteiger partial charge in [0, 0.05) is 31.6 Å². The first kappa shape index (κ1) is 20.3. The number of hydrogen-bond donors (Lipinski definition) is 3. The van der Waals surface area contributed by atoms with Crippen LogP contribution in [0.3, 0.4) is 0 Å². The third kappa shape index (κ3) is 4.12.